The number of amides is 1. The lowest BCUT2D eigenvalue weighted by Gasteiger charge is -2.29. The molecular formula is C13H17FN2O2. The second kappa shape index (κ2) is 5.04. The van der Waals surface area contributed by atoms with Crippen LogP contribution >= 0.6 is 0 Å². The van der Waals surface area contributed by atoms with Crippen molar-refractivity contribution in [1.29, 1.82) is 0 Å². The van der Waals surface area contributed by atoms with Crippen molar-refractivity contribution < 1.29 is 13.9 Å². The third-order valence-corrected chi connectivity index (χ3v) is 3.18. The molecule has 0 spiro atoms. The van der Waals surface area contributed by atoms with E-state index in [0.29, 0.717) is 25.3 Å². The predicted molar refractivity (Wildman–Crippen MR) is 66.8 cm³/mol. The van der Waals surface area contributed by atoms with Crippen LogP contribution in [0.25, 0.3) is 0 Å². The molecule has 1 fully saturated rings. The van der Waals surface area contributed by atoms with Crippen LogP contribution in [0.5, 0.6) is 0 Å². The van der Waals surface area contributed by atoms with Crippen molar-refractivity contribution in [3.8, 4) is 0 Å². The molecule has 1 aliphatic heterocycles. The average Bonchev–Trinajstić information content (AvgIpc) is 2.81. The van der Waals surface area contributed by atoms with Gasteiger partial charge in [-0.3, -0.25) is 4.79 Å². The zero-order chi connectivity index (χ0) is 13.2. The van der Waals surface area contributed by atoms with Crippen LogP contribution in [0.2, 0.25) is 0 Å². The molecular weight excluding hydrogens is 235 g/mol. The van der Waals surface area contributed by atoms with E-state index in [9.17, 15) is 9.18 Å². The Morgan fingerprint density at radius 1 is 1.50 bits per heavy atom. The van der Waals surface area contributed by atoms with E-state index in [-0.39, 0.29) is 18.3 Å². The summed E-state index contributed by atoms with van der Waals surface area (Å²) in [5, 5.41) is 0. The maximum atomic E-state index is 12.9. The number of hydrogen-bond acceptors (Lipinski definition) is 3. The lowest BCUT2D eigenvalue weighted by Crippen LogP contribution is -2.56. The summed E-state index contributed by atoms with van der Waals surface area (Å²) in [5.74, 6) is -0.497. The molecule has 0 aromatic heterocycles. The van der Waals surface area contributed by atoms with Crippen LogP contribution in [0.3, 0.4) is 0 Å². The van der Waals surface area contributed by atoms with Crippen molar-refractivity contribution in [3.63, 3.8) is 0 Å². The van der Waals surface area contributed by atoms with Gasteiger partial charge in [0.25, 0.3) is 0 Å². The zero-order valence-electron chi connectivity index (χ0n) is 10.4. The average molecular weight is 252 g/mol. The molecule has 5 heteroatoms. The maximum Gasteiger partial charge on any atom is 0.249 e. The molecule has 1 heterocycles. The monoisotopic (exact) mass is 252 g/mol. The van der Waals surface area contributed by atoms with Crippen LogP contribution in [0.15, 0.2) is 24.3 Å². The Kier molecular flexibility index (Phi) is 3.63. The van der Waals surface area contributed by atoms with Gasteiger partial charge in [0.2, 0.25) is 5.91 Å². The molecule has 1 atom stereocenters. The molecule has 2 N–H and O–H groups in total. The fourth-order valence-electron chi connectivity index (χ4n) is 2.08. The predicted octanol–water partition coefficient (Wildman–Crippen LogP) is 1.30. The molecule has 1 amide bonds. The first-order chi connectivity index (χ1) is 8.57. The molecule has 2 rings (SSSR count). The number of carbonyl (C=O) groups excluding carboxylic acids is 1. The molecule has 1 unspecified atom stereocenters. The van der Waals surface area contributed by atoms with E-state index in [1.807, 2.05) is 6.92 Å². The van der Waals surface area contributed by atoms with Crippen LogP contribution in [0.1, 0.15) is 13.3 Å². The first-order valence-corrected chi connectivity index (χ1v) is 6.01. The minimum atomic E-state index is -0.954. The number of carbonyl (C=O) groups is 1. The largest absolute Gasteiger partial charge is 0.379 e. The molecule has 1 aliphatic rings. The number of hydrogen-bond donors (Lipinski definition) is 1. The first kappa shape index (κ1) is 13.0. The molecule has 1 aromatic carbocycles. The highest BCUT2D eigenvalue weighted by Gasteiger charge is 2.41. The number of benzene rings is 1. The summed E-state index contributed by atoms with van der Waals surface area (Å²) < 4.78 is 18.1. The summed E-state index contributed by atoms with van der Waals surface area (Å²) in [5.41, 5.74) is 5.76. The minimum absolute atomic E-state index is 0.172. The Hall–Kier alpha value is -1.46. The van der Waals surface area contributed by atoms with E-state index in [0.717, 1.165) is 0 Å². The Balaban J connectivity index is 2.23. The number of halogens is 1. The van der Waals surface area contributed by atoms with Crippen molar-refractivity contribution in [2.24, 2.45) is 5.73 Å². The highest BCUT2D eigenvalue weighted by atomic mass is 19.1. The van der Waals surface area contributed by atoms with Crippen molar-refractivity contribution >= 4 is 11.6 Å². The molecule has 18 heavy (non-hydrogen) atoms. The second-order valence-electron chi connectivity index (χ2n) is 4.48. The highest BCUT2D eigenvalue weighted by molar-refractivity contribution is 6.00. The molecule has 0 bridgehead atoms. The smallest absolute Gasteiger partial charge is 0.249 e. The standard InChI is InChI=1S/C13H17FN2O2/c1-2-16(11-5-3-10(14)4-6-11)12(17)13(15)7-8-18-9-13/h3-6H,2,7-9,15H2,1H3. The summed E-state index contributed by atoms with van der Waals surface area (Å²) in [6.45, 7) is 3.09. The Labute approximate surface area is 106 Å². The fourth-order valence-corrected chi connectivity index (χ4v) is 2.08. The van der Waals surface area contributed by atoms with Crippen molar-refractivity contribution in [3.05, 3.63) is 30.1 Å². The lowest BCUT2D eigenvalue weighted by atomic mass is 9.98. The summed E-state index contributed by atoms with van der Waals surface area (Å²) in [6.07, 6.45) is 0.517. The van der Waals surface area contributed by atoms with Gasteiger partial charge in [-0.25, -0.2) is 4.39 Å². The van der Waals surface area contributed by atoms with Crippen LogP contribution in [-0.4, -0.2) is 31.2 Å². The summed E-state index contributed by atoms with van der Waals surface area (Å²) in [4.78, 5) is 14.0. The topological polar surface area (TPSA) is 55.6 Å². The molecule has 1 aromatic rings. The van der Waals surface area contributed by atoms with Gasteiger partial charge in [0.15, 0.2) is 0 Å². The van der Waals surface area contributed by atoms with E-state index < -0.39 is 5.54 Å². The van der Waals surface area contributed by atoms with Gasteiger partial charge in [-0.05, 0) is 37.6 Å². The molecule has 98 valence electrons. The molecule has 0 radical (unpaired) electrons. The first-order valence-electron chi connectivity index (χ1n) is 6.01. The fraction of sp³-hybridized carbons (Fsp3) is 0.462. The van der Waals surface area contributed by atoms with E-state index >= 15 is 0 Å². The number of nitrogens with two attached hydrogens (primary N) is 1. The third kappa shape index (κ3) is 2.37. The SMILES string of the molecule is CCN(C(=O)C1(N)CCOC1)c1ccc(F)cc1. The van der Waals surface area contributed by atoms with E-state index in [1.54, 1.807) is 17.0 Å². The van der Waals surface area contributed by atoms with E-state index in [2.05, 4.69) is 0 Å². The molecule has 0 saturated carbocycles. The number of nitrogens with zero attached hydrogens (tertiary/aromatic N) is 1. The molecule has 4 nitrogen and oxygen atoms in total. The normalized spacial score (nSPS) is 23.1. The van der Waals surface area contributed by atoms with Gasteiger partial charge in [0.05, 0.1) is 6.61 Å². The van der Waals surface area contributed by atoms with Crippen molar-refractivity contribution in [2.45, 2.75) is 18.9 Å². The van der Waals surface area contributed by atoms with Gasteiger partial charge in [-0.1, -0.05) is 0 Å². The van der Waals surface area contributed by atoms with Crippen LogP contribution in [0.4, 0.5) is 10.1 Å². The van der Waals surface area contributed by atoms with Gasteiger partial charge in [0.1, 0.15) is 11.4 Å². The minimum Gasteiger partial charge on any atom is -0.379 e. The van der Waals surface area contributed by atoms with Crippen molar-refractivity contribution in [1.82, 2.24) is 0 Å². The van der Waals surface area contributed by atoms with E-state index in [1.165, 1.54) is 12.1 Å². The van der Waals surface area contributed by atoms with Gasteiger partial charge in [-0.2, -0.15) is 0 Å². The quantitative estimate of drug-likeness (QED) is 0.882. The number of anilines is 1. The van der Waals surface area contributed by atoms with Gasteiger partial charge in [0, 0.05) is 18.8 Å². The number of rotatable bonds is 3. The Morgan fingerprint density at radius 3 is 2.67 bits per heavy atom. The van der Waals surface area contributed by atoms with Crippen LogP contribution in [0, 0.1) is 5.82 Å². The van der Waals surface area contributed by atoms with Gasteiger partial charge in [-0.15, -0.1) is 0 Å². The van der Waals surface area contributed by atoms with Gasteiger partial charge >= 0.3 is 0 Å². The summed E-state index contributed by atoms with van der Waals surface area (Å²) in [7, 11) is 0. The summed E-state index contributed by atoms with van der Waals surface area (Å²) in [6, 6.07) is 5.82. The Morgan fingerprint density at radius 2 is 2.17 bits per heavy atom. The molecule has 0 aliphatic carbocycles. The van der Waals surface area contributed by atoms with Crippen LogP contribution < -0.4 is 10.6 Å². The molecule has 1 saturated heterocycles. The lowest BCUT2D eigenvalue weighted by molar-refractivity contribution is -0.123. The maximum absolute atomic E-state index is 12.9. The third-order valence-electron chi connectivity index (χ3n) is 3.18. The number of ether oxygens (including phenoxy) is 1. The zero-order valence-corrected chi connectivity index (χ0v) is 10.4. The van der Waals surface area contributed by atoms with Gasteiger partial charge < -0.3 is 15.4 Å². The number of likely N-dealkylation sites (N-methyl/N-ethyl adjacent to an activating group) is 1. The summed E-state index contributed by atoms with van der Waals surface area (Å²) >= 11 is 0. The highest BCUT2D eigenvalue weighted by Crippen LogP contribution is 2.23. The second-order valence-corrected chi connectivity index (χ2v) is 4.48. The van der Waals surface area contributed by atoms with Crippen molar-refractivity contribution in [2.75, 3.05) is 24.7 Å². The van der Waals surface area contributed by atoms with E-state index in [4.69, 9.17) is 10.5 Å². The Bertz CT molecular complexity index is 427. The van der Waals surface area contributed by atoms with Crippen LogP contribution in [-0.2, 0) is 9.53 Å².